The Balaban J connectivity index is 1.88. The Morgan fingerprint density at radius 1 is 1.44 bits per heavy atom. The van der Waals surface area contributed by atoms with Gasteiger partial charge in [-0.05, 0) is 31.4 Å². The van der Waals surface area contributed by atoms with E-state index in [1.807, 2.05) is 0 Å². The molecule has 0 aromatic carbocycles. The van der Waals surface area contributed by atoms with Crippen LogP contribution in [-0.4, -0.2) is 23.0 Å². The van der Waals surface area contributed by atoms with Gasteiger partial charge in [-0.3, -0.25) is 9.59 Å². The molecule has 5 heteroatoms. The van der Waals surface area contributed by atoms with Gasteiger partial charge < -0.3 is 14.8 Å². The first-order valence-corrected chi connectivity index (χ1v) is 5.24. The van der Waals surface area contributed by atoms with Gasteiger partial charge >= 0.3 is 5.97 Å². The highest BCUT2D eigenvalue weighted by Gasteiger charge is 2.30. The van der Waals surface area contributed by atoms with E-state index in [1.54, 1.807) is 12.1 Å². The highest BCUT2D eigenvalue weighted by atomic mass is 16.4. The molecular weight excluding hydrogens is 210 g/mol. The SMILES string of the molecule is O=C(N[C@H]1CC[C@H](C(=O)O)C1)c1ccco1. The van der Waals surface area contributed by atoms with Crippen molar-refractivity contribution in [2.24, 2.45) is 5.92 Å². The predicted molar refractivity (Wildman–Crippen MR) is 54.9 cm³/mol. The summed E-state index contributed by atoms with van der Waals surface area (Å²) >= 11 is 0. The lowest BCUT2D eigenvalue weighted by Crippen LogP contribution is -2.33. The van der Waals surface area contributed by atoms with Gasteiger partial charge in [0.05, 0.1) is 12.2 Å². The molecule has 1 saturated carbocycles. The molecule has 0 spiro atoms. The summed E-state index contributed by atoms with van der Waals surface area (Å²) in [6.45, 7) is 0. The molecule has 0 saturated heterocycles. The van der Waals surface area contributed by atoms with E-state index in [-0.39, 0.29) is 23.6 Å². The Hall–Kier alpha value is -1.78. The number of carbonyl (C=O) groups is 2. The van der Waals surface area contributed by atoms with Crippen LogP contribution in [0.2, 0.25) is 0 Å². The van der Waals surface area contributed by atoms with Crippen LogP contribution in [0.3, 0.4) is 0 Å². The van der Waals surface area contributed by atoms with E-state index in [0.717, 1.165) is 0 Å². The van der Waals surface area contributed by atoms with Crippen LogP contribution in [0.1, 0.15) is 29.8 Å². The lowest BCUT2D eigenvalue weighted by atomic mass is 10.1. The number of aliphatic carboxylic acids is 1. The lowest BCUT2D eigenvalue weighted by molar-refractivity contribution is -0.141. The van der Waals surface area contributed by atoms with Crippen LogP contribution in [0.4, 0.5) is 0 Å². The van der Waals surface area contributed by atoms with Gasteiger partial charge in [-0.25, -0.2) is 0 Å². The Labute approximate surface area is 92.4 Å². The van der Waals surface area contributed by atoms with Crippen LogP contribution in [0.15, 0.2) is 22.8 Å². The summed E-state index contributed by atoms with van der Waals surface area (Å²) in [6, 6.07) is 3.17. The minimum Gasteiger partial charge on any atom is -0.481 e. The van der Waals surface area contributed by atoms with Gasteiger partial charge in [-0.2, -0.15) is 0 Å². The summed E-state index contributed by atoms with van der Waals surface area (Å²) in [5.74, 6) is -1.13. The summed E-state index contributed by atoms with van der Waals surface area (Å²) in [5, 5.41) is 11.6. The van der Waals surface area contributed by atoms with Crippen molar-refractivity contribution in [3.63, 3.8) is 0 Å². The molecule has 1 aromatic rings. The number of amides is 1. The zero-order chi connectivity index (χ0) is 11.5. The number of hydrogen-bond acceptors (Lipinski definition) is 3. The zero-order valence-electron chi connectivity index (χ0n) is 8.68. The smallest absolute Gasteiger partial charge is 0.306 e. The van der Waals surface area contributed by atoms with Crippen LogP contribution >= 0.6 is 0 Å². The minimum absolute atomic E-state index is 0.0568. The molecule has 1 aliphatic rings. The first-order chi connectivity index (χ1) is 7.66. The molecule has 1 aliphatic carbocycles. The topological polar surface area (TPSA) is 79.5 Å². The summed E-state index contributed by atoms with van der Waals surface area (Å²) in [7, 11) is 0. The van der Waals surface area contributed by atoms with Gasteiger partial charge in [0.15, 0.2) is 5.76 Å². The predicted octanol–water partition coefficient (Wildman–Crippen LogP) is 1.26. The first-order valence-electron chi connectivity index (χ1n) is 5.24. The van der Waals surface area contributed by atoms with Gasteiger partial charge in [0, 0.05) is 6.04 Å². The van der Waals surface area contributed by atoms with Gasteiger partial charge in [0.25, 0.3) is 5.91 Å². The normalized spacial score (nSPS) is 24.2. The number of nitrogens with one attached hydrogen (secondary N) is 1. The summed E-state index contributed by atoms with van der Waals surface area (Å²) in [4.78, 5) is 22.3. The number of furan rings is 1. The summed E-state index contributed by atoms with van der Waals surface area (Å²) < 4.78 is 4.95. The third-order valence-electron chi connectivity index (χ3n) is 2.86. The first kappa shape index (κ1) is 10.7. The maximum absolute atomic E-state index is 11.6. The second-order valence-corrected chi connectivity index (χ2v) is 4.00. The standard InChI is InChI=1S/C11H13NO4/c13-10(9-2-1-5-16-9)12-8-4-3-7(6-8)11(14)15/h1-2,5,7-8H,3-4,6H2,(H,12,13)(H,14,15)/t7-,8-/m0/s1. The van der Waals surface area contributed by atoms with E-state index in [9.17, 15) is 9.59 Å². The third kappa shape index (κ3) is 2.24. The van der Waals surface area contributed by atoms with Gasteiger partial charge in [0.2, 0.25) is 0 Å². The van der Waals surface area contributed by atoms with E-state index in [4.69, 9.17) is 9.52 Å². The second-order valence-electron chi connectivity index (χ2n) is 4.00. The molecule has 1 heterocycles. The molecule has 1 aromatic heterocycles. The molecule has 2 N–H and O–H groups in total. The molecule has 2 atom stereocenters. The third-order valence-corrected chi connectivity index (χ3v) is 2.86. The van der Waals surface area contributed by atoms with Crippen molar-refractivity contribution in [3.8, 4) is 0 Å². The molecule has 0 aliphatic heterocycles. The van der Waals surface area contributed by atoms with Crippen LogP contribution in [0.5, 0.6) is 0 Å². The lowest BCUT2D eigenvalue weighted by Gasteiger charge is -2.10. The summed E-state index contributed by atoms with van der Waals surface area (Å²) in [6.07, 6.45) is 3.27. The fraction of sp³-hybridized carbons (Fsp3) is 0.455. The van der Waals surface area contributed by atoms with Crippen LogP contribution in [-0.2, 0) is 4.79 Å². The molecule has 2 rings (SSSR count). The molecule has 16 heavy (non-hydrogen) atoms. The van der Waals surface area contributed by atoms with Crippen molar-refractivity contribution in [2.75, 3.05) is 0 Å². The molecule has 0 bridgehead atoms. The van der Waals surface area contributed by atoms with E-state index in [0.29, 0.717) is 19.3 Å². The van der Waals surface area contributed by atoms with E-state index in [1.165, 1.54) is 6.26 Å². The molecule has 86 valence electrons. The van der Waals surface area contributed by atoms with Gasteiger partial charge in [-0.1, -0.05) is 0 Å². The minimum atomic E-state index is -0.783. The molecule has 0 unspecified atom stereocenters. The van der Waals surface area contributed by atoms with Crippen LogP contribution in [0, 0.1) is 5.92 Å². The van der Waals surface area contributed by atoms with Crippen molar-refractivity contribution < 1.29 is 19.1 Å². The van der Waals surface area contributed by atoms with E-state index in [2.05, 4.69) is 5.32 Å². The van der Waals surface area contributed by atoms with Crippen LogP contribution < -0.4 is 5.32 Å². The molecule has 1 amide bonds. The Bertz CT molecular complexity index is 385. The average molecular weight is 223 g/mol. The average Bonchev–Trinajstić information content (AvgIpc) is 2.87. The maximum Gasteiger partial charge on any atom is 0.306 e. The molecular formula is C11H13NO4. The molecule has 1 fully saturated rings. The van der Waals surface area contributed by atoms with Crippen molar-refractivity contribution in [1.29, 1.82) is 0 Å². The van der Waals surface area contributed by atoms with Crippen molar-refractivity contribution in [2.45, 2.75) is 25.3 Å². The fourth-order valence-electron chi connectivity index (χ4n) is 2.00. The zero-order valence-corrected chi connectivity index (χ0v) is 8.68. The number of carboxylic acid groups (broad SMARTS) is 1. The maximum atomic E-state index is 11.6. The number of carboxylic acids is 1. The fourth-order valence-corrected chi connectivity index (χ4v) is 2.00. The number of carbonyl (C=O) groups excluding carboxylic acids is 1. The Morgan fingerprint density at radius 2 is 2.25 bits per heavy atom. The van der Waals surface area contributed by atoms with Crippen LogP contribution in [0.25, 0.3) is 0 Å². The largest absolute Gasteiger partial charge is 0.481 e. The monoisotopic (exact) mass is 223 g/mol. The van der Waals surface area contributed by atoms with E-state index >= 15 is 0 Å². The van der Waals surface area contributed by atoms with E-state index < -0.39 is 5.97 Å². The number of rotatable bonds is 3. The highest BCUT2D eigenvalue weighted by Crippen LogP contribution is 2.25. The van der Waals surface area contributed by atoms with Gasteiger partial charge in [-0.15, -0.1) is 0 Å². The van der Waals surface area contributed by atoms with Gasteiger partial charge in [0.1, 0.15) is 0 Å². The van der Waals surface area contributed by atoms with Crippen molar-refractivity contribution in [3.05, 3.63) is 24.2 Å². The Morgan fingerprint density at radius 3 is 2.81 bits per heavy atom. The molecule has 0 radical (unpaired) electrons. The quantitative estimate of drug-likeness (QED) is 0.808. The van der Waals surface area contributed by atoms with Crippen molar-refractivity contribution in [1.82, 2.24) is 5.32 Å². The Kier molecular flexibility index (Phi) is 2.94. The van der Waals surface area contributed by atoms with Crippen molar-refractivity contribution >= 4 is 11.9 Å². The molecule has 5 nitrogen and oxygen atoms in total. The summed E-state index contributed by atoms with van der Waals surface area (Å²) in [5.41, 5.74) is 0. The highest BCUT2D eigenvalue weighted by molar-refractivity contribution is 5.91. The number of hydrogen-bond donors (Lipinski definition) is 2. The second kappa shape index (κ2) is 4.38.